The largest absolute Gasteiger partial charge is 0.399 e. The number of nitrogens with two attached hydrogens (primary N) is 1. The highest BCUT2D eigenvalue weighted by Gasteiger charge is 2.06. The van der Waals surface area contributed by atoms with Crippen LogP contribution < -0.4 is 11.3 Å². The monoisotopic (exact) mass is 257 g/mol. The predicted molar refractivity (Wildman–Crippen MR) is 76.0 cm³/mol. The second-order valence-electron chi connectivity index (χ2n) is 4.40. The van der Waals surface area contributed by atoms with Crippen LogP contribution >= 0.6 is 0 Å². The molecule has 0 bridgehead atoms. The number of azide groups is 1. The van der Waals surface area contributed by atoms with Gasteiger partial charge < -0.3 is 10.3 Å². The molecular formula is C13H15N5O. The highest BCUT2D eigenvalue weighted by molar-refractivity contribution is 5.85. The Morgan fingerprint density at radius 2 is 2.21 bits per heavy atom. The van der Waals surface area contributed by atoms with Gasteiger partial charge in [0.2, 0.25) is 0 Å². The zero-order valence-corrected chi connectivity index (χ0v) is 10.7. The van der Waals surface area contributed by atoms with Crippen LogP contribution in [0.3, 0.4) is 0 Å². The Hall–Kier alpha value is -2.46. The molecule has 0 aliphatic rings. The minimum absolute atomic E-state index is 0.0588. The second kappa shape index (κ2) is 5.46. The third-order valence-corrected chi connectivity index (χ3v) is 3.05. The van der Waals surface area contributed by atoms with Crippen LogP contribution in [0, 0.1) is 6.92 Å². The Labute approximate surface area is 110 Å². The summed E-state index contributed by atoms with van der Waals surface area (Å²) in [4.78, 5) is 14.7. The number of benzene rings is 1. The number of aryl methyl sites for hydroxylation is 2. The highest BCUT2D eigenvalue weighted by atomic mass is 16.1. The zero-order valence-electron chi connectivity index (χ0n) is 10.7. The van der Waals surface area contributed by atoms with E-state index in [-0.39, 0.29) is 5.56 Å². The summed E-state index contributed by atoms with van der Waals surface area (Å²) < 4.78 is 1.67. The van der Waals surface area contributed by atoms with Crippen molar-refractivity contribution in [1.82, 2.24) is 4.57 Å². The molecule has 1 aromatic heterocycles. The number of nitrogens with zero attached hydrogens (tertiary/aromatic N) is 4. The minimum Gasteiger partial charge on any atom is -0.399 e. The van der Waals surface area contributed by atoms with Crippen LogP contribution in [-0.2, 0) is 6.54 Å². The van der Waals surface area contributed by atoms with Crippen LogP contribution in [0.1, 0.15) is 12.0 Å². The summed E-state index contributed by atoms with van der Waals surface area (Å²) in [6, 6.07) is 7.16. The van der Waals surface area contributed by atoms with Crippen molar-refractivity contribution in [2.45, 2.75) is 19.9 Å². The Balaban J connectivity index is 2.49. The van der Waals surface area contributed by atoms with Gasteiger partial charge in [0.05, 0.1) is 5.52 Å². The first-order chi connectivity index (χ1) is 9.13. The molecular weight excluding hydrogens is 242 g/mol. The van der Waals surface area contributed by atoms with Gasteiger partial charge >= 0.3 is 0 Å². The van der Waals surface area contributed by atoms with Crippen molar-refractivity contribution in [3.8, 4) is 0 Å². The number of rotatable bonds is 4. The van der Waals surface area contributed by atoms with E-state index in [1.165, 1.54) is 0 Å². The molecule has 2 aromatic rings. The van der Waals surface area contributed by atoms with Crippen LogP contribution in [0.2, 0.25) is 0 Å². The molecule has 0 saturated heterocycles. The lowest BCUT2D eigenvalue weighted by molar-refractivity contribution is 0.648. The maximum atomic E-state index is 12.0. The molecule has 2 N–H and O–H groups in total. The van der Waals surface area contributed by atoms with Crippen molar-refractivity contribution < 1.29 is 0 Å². The summed E-state index contributed by atoms with van der Waals surface area (Å²) in [5, 5.41) is 4.48. The zero-order chi connectivity index (χ0) is 13.8. The van der Waals surface area contributed by atoms with Crippen LogP contribution in [-0.4, -0.2) is 11.1 Å². The number of anilines is 1. The molecule has 1 heterocycles. The molecule has 0 saturated carbocycles. The fraction of sp³-hybridized carbons (Fsp3) is 0.308. The van der Waals surface area contributed by atoms with Crippen molar-refractivity contribution in [3.63, 3.8) is 0 Å². The molecule has 6 heteroatoms. The van der Waals surface area contributed by atoms with Gasteiger partial charge in [-0.2, -0.15) is 0 Å². The van der Waals surface area contributed by atoms with Crippen molar-refractivity contribution in [2.24, 2.45) is 5.11 Å². The van der Waals surface area contributed by atoms with Gasteiger partial charge in [0.1, 0.15) is 0 Å². The summed E-state index contributed by atoms with van der Waals surface area (Å²) >= 11 is 0. The minimum atomic E-state index is -0.0588. The van der Waals surface area contributed by atoms with E-state index in [2.05, 4.69) is 10.0 Å². The molecule has 0 aliphatic heterocycles. The Morgan fingerprint density at radius 3 is 2.95 bits per heavy atom. The average molecular weight is 257 g/mol. The summed E-state index contributed by atoms with van der Waals surface area (Å²) in [7, 11) is 0. The molecule has 0 aliphatic carbocycles. The van der Waals surface area contributed by atoms with Gasteiger partial charge in [0.25, 0.3) is 5.56 Å². The standard InChI is InChI=1S/C13H15N5O/c1-9-7-13(19)18(6-2-5-16-17-15)12-8-10(14)3-4-11(9)12/h3-4,7-8H,2,5-6,14H2,1H3. The van der Waals surface area contributed by atoms with Gasteiger partial charge in [-0.05, 0) is 36.6 Å². The van der Waals surface area contributed by atoms with Gasteiger partial charge in [-0.1, -0.05) is 11.2 Å². The van der Waals surface area contributed by atoms with E-state index in [0.29, 0.717) is 25.2 Å². The number of nitrogen functional groups attached to an aromatic ring is 1. The molecule has 0 radical (unpaired) electrons. The summed E-state index contributed by atoms with van der Waals surface area (Å²) in [6.45, 7) is 2.79. The fourth-order valence-electron chi connectivity index (χ4n) is 2.14. The van der Waals surface area contributed by atoms with Crippen LogP contribution in [0.4, 0.5) is 5.69 Å². The lowest BCUT2D eigenvalue weighted by atomic mass is 10.1. The summed E-state index contributed by atoms with van der Waals surface area (Å²) in [5.41, 5.74) is 16.4. The number of hydrogen-bond acceptors (Lipinski definition) is 3. The Morgan fingerprint density at radius 1 is 1.42 bits per heavy atom. The molecule has 0 spiro atoms. The van der Waals surface area contributed by atoms with Crippen molar-refractivity contribution in [3.05, 3.63) is 50.6 Å². The quantitative estimate of drug-likeness (QED) is 0.299. The summed E-state index contributed by atoms with van der Waals surface area (Å²) in [5.74, 6) is 0. The molecule has 0 atom stereocenters. The predicted octanol–water partition coefficient (Wildman–Crippen LogP) is 2.59. The van der Waals surface area contributed by atoms with Crippen LogP contribution in [0.25, 0.3) is 21.3 Å². The van der Waals surface area contributed by atoms with Gasteiger partial charge in [0.15, 0.2) is 0 Å². The Bertz CT molecular complexity index is 713. The van der Waals surface area contributed by atoms with Gasteiger partial charge in [-0.15, -0.1) is 0 Å². The van der Waals surface area contributed by atoms with E-state index in [0.717, 1.165) is 16.5 Å². The lowest BCUT2D eigenvalue weighted by Crippen LogP contribution is -2.20. The molecule has 19 heavy (non-hydrogen) atoms. The first-order valence-electron chi connectivity index (χ1n) is 6.04. The molecule has 2 rings (SSSR count). The third-order valence-electron chi connectivity index (χ3n) is 3.05. The van der Waals surface area contributed by atoms with Crippen molar-refractivity contribution in [1.29, 1.82) is 0 Å². The maximum absolute atomic E-state index is 12.0. The number of aromatic nitrogens is 1. The molecule has 98 valence electrons. The average Bonchev–Trinajstić information content (AvgIpc) is 2.37. The molecule has 6 nitrogen and oxygen atoms in total. The van der Waals surface area contributed by atoms with E-state index in [9.17, 15) is 4.79 Å². The van der Waals surface area contributed by atoms with E-state index in [1.54, 1.807) is 16.7 Å². The van der Waals surface area contributed by atoms with E-state index in [1.807, 2.05) is 19.1 Å². The van der Waals surface area contributed by atoms with E-state index >= 15 is 0 Å². The molecule has 0 fully saturated rings. The summed E-state index contributed by atoms with van der Waals surface area (Å²) in [6.07, 6.45) is 0.622. The number of hydrogen-bond donors (Lipinski definition) is 1. The topological polar surface area (TPSA) is 96.8 Å². The SMILES string of the molecule is Cc1cc(=O)n(CCCN=[N+]=[N-])c2cc(N)ccc12. The van der Waals surface area contributed by atoms with Gasteiger partial charge in [-0.25, -0.2) is 0 Å². The van der Waals surface area contributed by atoms with Crippen LogP contribution in [0.15, 0.2) is 34.2 Å². The molecule has 0 amide bonds. The van der Waals surface area contributed by atoms with Gasteiger partial charge in [-0.3, -0.25) is 4.79 Å². The first kappa shape index (κ1) is 13.0. The van der Waals surface area contributed by atoms with Crippen molar-refractivity contribution in [2.75, 3.05) is 12.3 Å². The highest BCUT2D eigenvalue weighted by Crippen LogP contribution is 2.19. The normalized spacial score (nSPS) is 10.4. The van der Waals surface area contributed by atoms with E-state index < -0.39 is 0 Å². The molecule has 1 aromatic carbocycles. The molecule has 0 unspecified atom stereocenters. The smallest absolute Gasteiger partial charge is 0.251 e. The lowest BCUT2D eigenvalue weighted by Gasteiger charge is -2.12. The number of fused-ring (bicyclic) bond motifs is 1. The third kappa shape index (κ3) is 2.69. The first-order valence-corrected chi connectivity index (χ1v) is 6.04. The number of pyridine rings is 1. The maximum Gasteiger partial charge on any atom is 0.251 e. The van der Waals surface area contributed by atoms with E-state index in [4.69, 9.17) is 11.3 Å². The van der Waals surface area contributed by atoms with Crippen molar-refractivity contribution >= 4 is 16.6 Å². The van der Waals surface area contributed by atoms with Crippen LogP contribution in [0.5, 0.6) is 0 Å². The second-order valence-corrected chi connectivity index (χ2v) is 4.40. The van der Waals surface area contributed by atoms with Gasteiger partial charge in [0, 0.05) is 35.1 Å². The Kier molecular flexibility index (Phi) is 3.73. The fourth-order valence-corrected chi connectivity index (χ4v) is 2.14.